The Labute approximate surface area is 157 Å². The first kappa shape index (κ1) is 17.4. The van der Waals surface area contributed by atoms with Crippen LogP contribution >= 0.6 is 28.1 Å². The molecule has 3 rings (SSSR count). The molecule has 2 N–H and O–H groups in total. The second kappa shape index (κ2) is 7.20. The number of phenols is 1. The average molecular weight is 419 g/mol. The van der Waals surface area contributed by atoms with Crippen molar-refractivity contribution in [3.8, 4) is 22.9 Å². The number of ether oxygens (including phenoxy) is 1. The van der Waals surface area contributed by atoms with Crippen LogP contribution in [0.4, 0.5) is 0 Å². The Morgan fingerprint density at radius 3 is 2.88 bits per heavy atom. The summed E-state index contributed by atoms with van der Waals surface area (Å²) < 4.78 is 7.60. The molecule has 8 heteroatoms. The van der Waals surface area contributed by atoms with Gasteiger partial charge in [-0.3, -0.25) is 0 Å². The van der Waals surface area contributed by atoms with Crippen LogP contribution in [0.25, 0.3) is 11.4 Å². The summed E-state index contributed by atoms with van der Waals surface area (Å²) in [5, 5.41) is 21.3. The molecule has 0 amide bonds. The first-order valence-corrected chi connectivity index (χ1v) is 8.55. The van der Waals surface area contributed by atoms with E-state index in [9.17, 15) is 5.11 Å². The molecule has 0 fully saturated rings. The van der Waals surface area contributed by atoms with Gasteiger partial charge in [-0.1, -0.05) is 23.8 Å². The van der Waals surface area contributed by atoms with Crippen molar-refractivity contribution in [2.75, 3.05) is 7.11 Å². The third kappa shape index (κ3) is 3.64. The van der Waals surface area contributed by atoms with E-state index in [0.717, 1.165) is 16.7 Å². The lowest BCUT2D eigenvalue weighted by Crippen LogP contribution is -1.96. The second-order valence-electron chi connectivity index (χ2n) is 5.33. The van der Waals surface area contributed by atoms with E-state index >= 15 is 0 Å². The number of aromatic nitrogens is 3. The lowest BCUT2D eigenvalue weighted by Gasteiger charge is -2.06. The Bertz CT molecular complexity index is 1010. The average Bonchev–Trinajstić information content (AvgIpc) is 2.96. The molecular weight excluding hydrogens is 404 g/mol. The molecule has 128 valence electrons. The molecular formula is C17H15BrN4O2S. The Morgan fingerprint density at radius 1 is 1.36 bits per heavy atom. The van der Waals surface area contributed by atoms with Gasteiger partial charge in [0, 0.05) is 5.56 Å². The predicted molar refractivity (Wildman–Crippen MR) is 103 cm³/mol. The van der Waals surface area contributed by atoms with E-state index in [-0.39, 0.29) is 5.75 Å². The van der Waals surface area contributed by atoms with Gasteiger partial charge in [0.1, 0.15) is 0 Å². The number of aromatic hydroxyl groups is 1. The van der Waals surface area contributed by atoms with Crippen molar-refractivity contribution in [3.05, 3.63) is 56.8 Å². The van der Waals surface area contributed by atoms with Crippen molar-refractivity contribution in [1.29, 1.82) is 0 Å². The minimum absolute atomic E-state index is 0.0417. The molecule has 3 aromatic rings. The number of hydrogen-bond acceptors (Lipinski definition) is 5. The van der Waals surface area contributed by atoms with E-state index in [1.807, 2.05) is 31.2 Å². The van der Waals surface area contributed by atoms with Crippen LogP contribution in [0.5, 0.6) is 11.5 Å². The van der Waals surface area contributed by atoms with Gasteiger partial charge >= 0.3 is 0 Å². The molecule has 1 aromatic heterocycles. The molecule has 0 bridgehead atoms. The van der Waals surface area contributed by atoms with Gasteiger partial charge in [0.15, 0.2) is 17.3 Å². The first-order valence-electron chi connectivity index (χ1n) is 7.35. The number of aryl methyl sites for hydroxylation is 1. The number of rotatable bonds is 4. The summed E-state index contributed by atoms with van der Waals surface area (Å²) in [4.78, 5) is 0. The molecule has 0 aliphatic heterocycles. The molecule has 25 heavy (non-hydrogen) atoms. The predicted octanol–water partition coefficient (Wildman–Crippen LogP) is 4.28. The third-order valence-corrected chi connectivity index (χ3v) is 4.39. The molecule has 0 aliphatic rings. The van der Waals surface area contributed by atoms with Gasteiger partial charge in [0.2, 0.25) is 4.77 Å². The number of aromatic amines is 1. The van der Waals surface area contributed by atoms with Crippen LogP contribution in [0.3, 0.4) is 0 Å². The Kier molecular flexibility index (Phi) is 5.00. The van der Waals surface area contributed by atoms with Crippen LogP contribution in [0.2, 0.25) is 0 Å². The fourth-order valence-corrected chi connectivity index (χ4v) is 2.96. The molecule has 0 unspecified atom stereocenters. The van der Waals surface area contributed by atoms with E-state index in [1.54, 1.807) is 23.0 Å². The molecule has 0 aliphatic carbocycles. The van der Waals surface area contributed by atoms with Crippen LogP contribution < -0.4 is 4.74 Å². The van der Waals surface area contributed by atoms with Crippen molar-refractivity contribution < 1.29 is 9.84 Å². The van der Waals surface area contributed by atoms with E-state index in [4.69, 9.17) is 17.0 Å². The molecule has 0 atom stereocenters. The van der Waals surface area contributed by atoms with Gasteiger partial charge in [-0.2, -0.15) is 14.9 Å². The highest BCUT2D eigenvalue weighted by Gasteiger charge is 2.10. The fourth-order valence-electron chi connectivity index (χ4n) is 2.32. The maximum Gasteiger partial charge on any atom is 0.216 e. The molecule has 6 nitrogen and oxygen atoms in total. The summed E-state index contributed by atoms with van der Waals surface area (Å²) in [5.74, 6) is 1.01. The summed E-state index contributed by atoms with van der Waals surface area (Å²) in [6.07, 6.45) is 1.62. The molecule has 1 heterocycles. The zero-order valence-electron chi connectivity index (χ0n) is 13.5. The van der Waals surface area contributed by atoms with E-state index in [2.05, 4.69) is 31.2 Å². The maximum atomic E-state index is 9.88. The Balaban J connectivity index is 2.02. The van der Waals surface area contributed by atoms with Crippen molar-refractivity contribution >= 4 is 34.4 Å². The standard InChI is InChI=1S/C17H15BrN4O2S/c1-10-4-3-5-12(6-10)16-20-21-17(25)22(16)19-9-11-7-13(18)15(23)14(8-11)24-2/h3-9,23H,1-2H3,(H,21,25). The number of hydrogen-bond donors (Lipinski definition) is 2. The number of nitrogens with one attached hydrogen (secondary N) is 1. The normalized spacial score (nSPS) is 11.2. The molecule has 0 spiro atoms. The first-order chi connectivity index (χ1) is 12.0. The molecule has 0 saturated heterocycles. The number of phenolic OH excluding ortho intramolecular Hbond substituents is 1. The van der Waals surface area contributed by atoms with Crippen LogP contribution in [0.15, 0.2) is 46.0 Å². The van der Waals surface area contributed by atoms with Gasteiger partial charge in [-0.25, -0.2) is 5.10 Å². The van der Waals surface area contributed by atoms with Gasteiger partial charge in [-0.15, -0.1) is 0 Å². The smallest absolute Gasteiger partial charge is 0.216 e. The lowest BCUT2D eigenvalue weighted by atomic mass is 10.1. The summed E-state index contributed by atoms with van der Waals surface area (Å²) in [5.41, 5.74) is 2.77. The van der Waals surface area contributed by atoms with Crippen LogP contribution in [-0.4, -0.2) is 33.3 Å². The number of benzene rings is 2. The van der Waals surface area contributed by atoms with Gasteiger partial charge in [-0.05, 0) is 58.8 Å². The largest absolute Gasteiger partial charge is 0.503 e. The zero-order valence-corrected chi connectivity index (χ0v) is 15.9. The lowest BCUT2D eigenvalue weighted by molar-refractivity contribution is 0.372. The molecule has 0 saturated carbocycles. The van der Waals surface area contributed by atoms with Crippen LogP contribution in [0, 0.1) is 11.7 Å². The topological polar surface area (TPSA) is 75.4 Å². The van der Waals surface area contributed by atoms with Crippen molar-refractivity contribution in [2.24, 2.45) is 5.10 Å². The second-order valence-corrected chi connectivity index (χ2v) is 6.57. The minimum Gasteiger partial charge on any atom is -0.503 e. The highest BCUT2D eigenvalue weighted by atomic mass is 79.9. The Morgan fingerprint density at radius 2 is 2.16 bits per heavy atom. The van der Waals surface area contributed by atoms with E-state index in [1.165, 1.54) is 7.11 Å². The highest BCUT2D eigenvalue weighted by molar-refractivity contribution is 9.10. The fraction of sp³-hybridized carbons (Fsp3) is 0.118. The molecule has 0 radical (unpaired) electrons. The third-order valence-electron chi connectivity index (χ3n) is 3.52. The summed E-state index contributed by atoms with van der Waals surface area (Å²) in [7, 11) is 1.49. The van der Waals surface area contributed by atoms with Crippen molar-refractivity contribution in [1.82, 2.24) is 14.9 Å². The van der Waals surface area contributed by atoms with Crippen molar-refractivity contribution in [3.63, 3.8) is 0 Å². The highest BCUT2D eigenvalue weighted by Crippen LogP contribution is 2.34. The summed E-state index contributed by atoms with van der Waals surface area (Å²) >= 11 is 8.57. The number of halogens is 1. The molecule has 2 aromatic carbocycles. The van der Waals surface area contributed by atoms with E-state index in [0.29, 0.717) is 20.8 Å². The van der Waals surface area contributed by atoms with Gasteiger partial charge < -0.3 is 9.84 Å². The number of H-pyrrole nitrogens is 1. The maximum absolute atomic E-state index is 9.88. The van der Waals surface area contributed by atoms with Crippen LogP contribution in [-0.2, 0) is 0 Å². The van der Waals surface area contributed by atoms with Gasteiger partial charge in [0.25, 0.3) is 0 Å². The quantitative estimate of drug-likeness (QED) is 0.489. The van der Waals surface area contributed by atoms with Gasteiger partial charge in [0.05, 0.1) is 17.8 Å². The number of methoxy groups -OCH3 is 1. The number of nitrogens with zero attached hydrogens (tertiary/aromatic N) is 3. The van der Waals surface area contributed by atoms with Crippen molar-refractivity contribution in [2.45, 2.75) is 6.92 Å². The summed E-state index contributed by atoms with van der Waals surface area (Å²) in [6.45, 7) is 2.01. The zero-order chi connectivity index (χ0) is 18.0. The minimum atomic E-state index is 0.0417. The Hall–Kier alpha value is -2.45. The van der Waals surface area contributed by atoms with Crippen LogP contribution in [0.1, 0.15) is 11.1 Å². The summed E-state index contributed by atoms with van der Waals surface area (Å²) in [6, 6.07) is 11.3. The monoisotopic (exact) mass is 418 g/mol. The SMILES string of the molecule is COc1cc(C=Nn2c(-c3cccc(C)c3)n[nH]c2=S)cc(Br)c1O. The van der Waals surface area contributed by atoms with E-state index < -0.39 is 0 Å².